The first kappa shape index (κ1) is 18.6. The Bertz CT molecular complexity index is 685. The molecule has 2 N–H and O–H groups in total. The number of hydrogen-bond acceptors (Lipinski definition) is 5. The Hall–Kier alpha value is -2.77. The minimum absolute atomic E-state index is 0.0363. The van der Waals surface area contributed by atoms with Crippen molar-refractivity contribution in [1.82, 2.24) is 25.4 Å². The van der Waals surface area contributed by atoms with Crippen molar-refractivity contribution in [3.05, 3.63) is 36.4 Å². The summed E-state index contributed by atoms with van der Waals surface area (Å²) in [6.45, 7) is 5.86. The van der Waals surface area contributed by atoms with Crippen LogP contribution in [-0.2, 0) is 13.6 Å². The van der Waals surface area contributed by atoms with E-state index in [9.17, 15) is 0 Å². The largest absolute Gasteiger partial charge is 0.497 e. The number of nitrogens with one attached hydrogen (secondary N) is 2. The molecule has 1 heterocycles. The molecule has 0 fully saturated rings. The van der Waals surface area contributed by atoms with Gasteiger partial charge in [-0.2, -0.15) is 5.10 Å². The Labute approximate surface area is 148 Å². The van der Waals surface area contributed by atoms with Gasteiger partial charge in [0.25, 0.3) is 0 Å². The Morgan fingerprint density at radius 2 is 2.12 bits per heavy atom. The zero-order valence-electron chi connectivity index (χ0n) is 15.2. The van der Waals surface area contributed by atoms with Crippen molar-refractivity contribution in [3.63, 3.8) is 0 Å². The van der Waals surface area contributed by atoms with Gasteiger partial charge in [0.15, 0.2) is 5.96 Å². The summed E-state index contributed by atoms with van der Waals surface area (Å²) in [5.41, 5.74) is 0. The van der Waals surface area contributed by atoms with Gasteiger partial charge in [0.2, 0.25) is 0 Å². The molecular weight excluding hydrogens is 320 g/mol. The number of hydrogen-bond donors (Lipinski definition) is 2. The molecule has 0 spiro atoms. The predicted molar refractivity (Wildman–Crippen MR) is 96.9 cm³/mol. The molecule has 0 amide bonds. The van der Waals surface area contributed by atoms with Crippen LogP contribution in [0.5, 0.6) is 11.5 Å². The number of aliphatic imine (C=N–C) groups is 1. The van der Waals surface area contributed by atoms with E-state index in [4.69, 9.17) is 9.47 Å². The molecule has 25 heavy (non-hydrogen) atoms. The zero-order valence-corrected chi connectivity index (χ0v) is 15.2. The lowest BCUT2D eigenvalue weighted by Gasteiger charge is -2.18. The molecule has 2 rings (SSSR count). The van der Waals surface area contributed by atoms with Crippen LogP contribution in [0.1, 0.15) is 19.7 Å². The van der Waals surface area contributed by atoms with Gasteiger partial charge >= 0.3 is 0 Å². The van der Waals surface area contributed by atoms with Crippen LogP contribution < -0.4 is 20.1 Å². The van der Waals surface area contributed by atoms with Crippen LogP contribution in [0, 0.1) is 0 Å². The standard InChI is InChI=1S/C17H26N6O2/c1-5-18-17(20-11-16-21-12-22-23(16)3)19-10-13(2)25-15-8-6-7-14(9-15)24-4/h6-9,12-13H,5,10-11H2,1-4H3,(H2,18,19,20). The number of aromatic nitrogens is 3. The Balaban J connectivity index is 1.87. The third-order valence-corrected chi connectivity index (χ3v) is 3.46. The summed E-state index contributed by atoms with van der Waals surface area (Å²) >= 11 is 0. The minimum Gasteiger partial charge on any atom is -0.497 e. The summed E-state index contributed by atoms with van der Waals surface area (Å²) in [4.78, 5) is 8.69. The second-order valence-electron chi connectivity index (χ2n) is 5.48. The number of methoxy groups -OCH3 is 1. The second kappa shape index (κ2) is 9.51. The molecule has 1 aromatic carbocycles. The highest BCUT2D eigenvalue weighted by molar-refractivity contribution is 5.79. The zero-order chi connectivity index (χ0) is 18.1. The molecule has 8 nitrogen and oxygen atoms in total. The molecule has 2 aromatic rings. The number of guanidine groups is 1. The molecule has 8 heteroatoms. The van der Waals surface area contributed by atoms with E-state index in [0.717, 1.165) is 23.9 Å². The third kappa shape index (κ3) is 5.98. The van der Waals surface area contributed by atoms with Crippen molar-refractivity contribution in [1.29, 1.82) is 0 Å². The van der Waals surface area contributed by atoms with E-state index in [1.165, 1.54) is 6.33 Å². The average molecular weight is 346 g/mol. The monoisotopic (exact) mass is 346 g/mol. The fourth-order valence-electron chi connectivity index (χ4n) is 2.14. The first-order valence-corrected chi connectivity index (χ1v) is 8.28. The lowest BCUT2D eigenvalue weighted by molar-refractivity contribution is 0.223. The van der Waals surface area contributed by atoms with Crippen LogP contribution in [-0.4, -0.2) is 47.0 Å². The minimum atomic E-state index is -0.0363. The first-order chi connectivity index (χ1) is 12.1. The summed E-state index contributed by atoms with van der Waals surface area (Å²) in [5, 5.41) is 10.5. The van der Waals surface area contributed by atoms with E-state index >= 15 is 0 Å². The number of ether oxygens (including phenoxy) is 2. The van der Waals surface area contributed by atoms with Crippen molar-refractivity contribution >= 4 is 5.96 Å². The van der Waals surface area contributed by atoms with Crippen molar-refractivity contribution in [2.45, 2.75) is 26.5 Å². The lowest BCUT2D eigenvalue weighted by atomic mass is 10.3. The summed E-state index contributed by atoms with van der Waals surface area (Å²) in [6, 6.07) is 7.56. The molecular formula is C17H26N6O2. The lowest BCUT2D eigenvalue weighted by Crippen LogP contribution is -2.41. The fraction of sp³-hybridized carbons (Fsp3) is 0.471. The summed E-state index contributed by atoms with van der Waals surface area (Å²) in [6.07, 6.45) is 1.49. The summed E-state index contributed by atoms with van der Waals surface area (Å²) < 4.78 is 12.8. The smallest absolute Gasteiger partial charge is 0.191 e. The van der Waals surface area contributed by atoms with Crippen molar-refractivity contribution < 1.29 is 9.47 Å². The van der Waals surface area contributed by atoms with Gasteiger partial charge in [-0.05, 0) is 26.0 Å². The number of rotatable bonds is 8. The van der Waals surface area contributed by atoms with Gasteiger partial charge < -0.3 is 20.1 Å². The van der Waals surface area contributed by atoms with Gasteiger partial charge in [0.1, 0.15) is 36.3 Å². The van der Waals surface area contributed by atoms with Crippen LogP contribution in [0.3, 0.4) is 0 Å². The van der Waals surface area contributed by atoms with Crippen LogP contribution in [0.25, 0.3) is 0 Å². The molecule has 1 atom stereocenters. The number of aryl methyl sites for hydroxylation is 1. The molecule has 0 aliphatic heterocycles. The molecule has 1 aromatic heterocycles. The number of benzene rings is 1. The maximum atomic E-state index is 5.90. The molecule has 136 valence electrons. The highest BCUT2D eigenvalue weighted by Crippen LogP contribution is 2.19. The fourth-order valence-corrected chi connectivity index (χ4v) is 2.14. The maximum Gasteiger partial charge on any atom is 0.191 e. The molecule has 0 aliphatic carbocycles. The molecule has 0 aliphatic rings. The third-order valence-electron chi connectivity index (χ3n) is 3.46. The molecule has 0 saturated heterocycles. The van der Waals surface area contributed by atoms with Crippen molar-refractivity contribution in [3.8, 4) is 11.5 Å². The second-order valence-corrected chi connectivity index (χ2v) is 5.48. The van der Waals surface area contributed by atoms with E-state index < -0.39 is 0 Å². The topological polar surface area (TPSA) is 85.6 Å². The van der Waals surface area contributed by atoms with E-state index in [1.54, 1.807) is 11.8 Å². The van der Waals surface area contributed by atoms with E-state index in [1.807, 2.05) is 45.2 Å². The van der Waals surface area contributed by atoms with E-state index in [2.05, 4.69) is 25.7 Å². The maximum absolute atomic E-state index is 5.90. The average Bonchev–Trinajstić information content (AvgIpc) is 3.02. The Morgan fingerprint density at radius 3 is 2.80 bits per heavy atom. The SMILES string of the molecule is CCNC(=NCc1ncnn1C)NCC(C)Oc1cccc(OC)c1. The molecule has 0 saturated carbocycles. The predicted octanol–water partition coefficient (Wildman–Crippen LogP) is 1.35. The van der Waals surface area contributed by atoms with E-state index in [0.29, 0.717) is 19.0 Å². The Morgan fingerprint density at radius 1 is 1.32 bits per heavy atom. The summed E-state index contributed by atoms with van der Waals surface area (Å²) in [7, 11) is 3.49. The highest BCUT2D eigenvalue weighted by atomic mass is 16.5. The van der Waals surface area contributed by atoms with Crippen molar-refractivity contribution in [2.75, 3.05) is 20.2 Å². The van der Waals surface area contributed by atoms with Gasteiger partial charge in [-0.15, -0.1) is 0 Å². The van der Waals surface area contributed by atoms with Gasteiger partial charge in [0.05, 0.1) is 13.7 Å². The van der Waals surface area contributed by atoms with Crippen LogP contribution in [0.15, 0.2) is 35.6 Å². The van der Waals surface area contributed by atoms with E-state index in [-0.39, 0.29) is 6.10 Å². The van der Waals surface area contributed by atoms with Gasteiger partial charge in [-0.1, -0.05) is 6.07 Å². The van der Waals surface area contributed by atoms with Crippen LogP contribution >= 0.6 is 0 Å². The molecule has 0 bridgehead atoms. The molecule has 1 unspecified atom stereocenters. The van der Waals surface area contributed by atoms with Gasteiger partial charge in [-0.25, -0.2) is 9.98 Å². The van der Waals surface area contributed by atoms with Gasteiger partial charge in [-0.3, -0.25) is 4.68 Å². The summed E-state index contributed by atoms with van der Waals surface area (Å²) in [5.74, 6) is 3.07. The first-order valence-electron chi connectivity index (χ1n) is 8.28. The highest BCUT2D eigenvalue weighted by Gasteiger charge is 2.07. The Kier molecular flexibility index (Phi) is 7.06. The number of nitrogens with zero attached hydrogens (tertiary/aromatic N) is 4. The quantitative estimate of drug-likeness (QED) is 0.554. The molecule has 0 radical (unpaired) electrons. The normalized spacial score (nSPS) is 12.6. The van der Waals surface area contributed by atoms with Gasteiger partial charge in [0, 0.05) is 19.7 Å². The van der Waals surface area contributed by atoms with Crippen molar-refractivity contribution in [2.24, 2.45) is 12.0 Å². The van der Waals surface area contributed by atoms with Crippen LogP contribution in [0.2, 0.25) is 0 Å². The van der Waals surface area contributed by atoms with Crippen LogP contribution in [0.4, 0.5) is 0 Å².